The van der Waals surface area contributed by atoms with Crippen molar-refractivity contribution in [3.05, 3.63) is 10.6 Å². The van der Waals surface area contributed by atoms with Gasteiger partial charge in [-0.25, -0.2) is 4.98 Å². The number of nitrogens with zero attached hydrogens (tertiary/aromatic N) is 1. The number of hydrogen-bond acceptors (Lipinski definition) is 4. The topological polar surface area (TPSA) is 62.2 Å². The van der Waals surface area contributed by atoms with Gasteiger partial charge >= 0.3 is 5.97 Å². The van der Waals surface area contributed by atoms with Crippen molar-refractivity contribution in [2.24, 2.45) is 0 Å². The second-order valence-electron chi connectivity index (χ2n) is 5.47. The Balaban J connectivity index is 2.25. The predicted molar refractivity (Wildman–Crippen MR) is 73.4 cm³/mol. The molecular formula is C13H20N2O2S. The van der Waals surface area contributed by atoms with Crippen molar-refractivity contribution in [1.82, 2.24) is 4.98 Å². The van der Waals surface area contributed by atoms with E-state index in [0.717, 1.165) is 35.0 Å². The molecule has 5 heteroatoms. The van der Waals surface area contributed by atoms with Gasteiger partial charge in [0.25, 0.3) is 0 Å². The van der Waals surface area contributed by atoms with Gasteiger partial charge in [-0.2, -0.15) is 0 Å². The Hall–Kier alpha value is -1.10. The van der Waals surface area contributed by atoms with Crippen molar-refractivity contribution < 1.29 is 9.90 Å². The number of anilines is 1. The van der Waals surface area contributed by atoms with E-state index < -0.39 is 11.9 Å². The number of fused-ring (bicyclic) bond motifs is 1. The van der Waals surface area contributed by atoms with E-state index in [1.807, 2.05) is 0 Å². The molecule has 1 atom stereocenters. The van der Waals surface area contributed by atoms with E-state index in [1.165, 1.54) is 0 Å². The van der Waals surface area contributed by atoms with E-state index in [-0.39, 0.29) is 5.54 Å². The maximum Gasteiger partial charge on any atom is 0.312 e. The summed E-state index contributed by atoms with van der Waals surface area (Å²) in [5.41, 5.74) is 0.785. The number of carbonyl (C=O) groups is 1. The summed E-state index contributed by atoms with van der Waals surface area (Å²) in [6.07, 6.45) is 3.62. The summed E-state index contributed by atoms with van der Waals surface area (Å²) >= 11 is 1.61. The first-order valence-electron chi connectivity index (χ1n) is 6.43. The van der Waals surface area contributed by atoms with Crippen LogP contribution in [0, 0.1) is 0 Å². The van der Waals surface area contributed by atoms with Crippen LogP contribution in [-0.4, -0.2) is 21.6 Å². The van der Waals surface area contributed by atoms with Gasteiger partial charge in [-0.05, 0) is 39.5 Å². The Kier molecular flexibility index (Phi) is 3.61. The summed E-state index contributed by atoms with van der Waals surface area (Å²) in [5, 5.41) is 13.5. The van der Waals surface area contributed by atoms with Gasteiger partial charge in [0.05, 0.1) is 5.69 Å². The van der Waals surface area contributed by atoms with Crippen molar-refractivity contribution in [2.45, 2.75) is 57.9 Å². The average molecular weight is 268 g/mol. The number of hydrogen-bond donors (Lipinski definition) is 2. The number of aliphatic carboxylic acids is 1. The zero-order valence-electron chi connectivity index (χ0n) is 11.1. The molecule has 4 nitrogen and oxygen atoms in total. The number of aryl methyl sites for hydroxylation is 1. The van der Waals surface area contributed by atoms with Gasteiger partial charge in [-0.3, -0.25) is 4.79 Å². The number of carboxylic acid groups (broad SMARTS) is 1. The minimum Gasteiger partial charge on any atom is -0.481 e. The average Bonchev–Trinajstić information content (AvgIpc) is 2.69. The van der Waals surface area contributed by atoms with Gasteiger partial charge in [0, 0.05) is 10.4 Å². The van der Waals surface area contributed by atoms with E-state index in [4.69, 9.17) is 0 Å². The fraction of sp³-hybridized carbons (Fsp3) is 0.692. The number of nitrogens with one attached hydrogen (secondary N) is 1. The molecule has 0 aromatic carbocycles. The molecule has 0 radical (unpaired) electrons. The Morgan fingerprint density at radius 1 is 1.61 bits per heavy atom. The largest absolute Gasteiger partial charge is 0.481 e. The van der Waals surface area contributed by atoms with Gasteiger partial charge < -0.3 is 10.4 Å². The van der Waals surface area contributed by atoms with Crippen LogP contribution in [0.15, 0.2) is 0 Å². The van der Waals surface area contributed by atoms with Crippen LogP contribution in [0.4, 0.5) is 5.13 Å². The third-order valence-corrected chi connectivity index (χ3v) is 4.63. The summed E-state index contributed by atoms with van der Waals surface area (Å²) < 4.78 is 0. The zero-order chi connectivity index (χ0) is 13.3. The first-order chi connectivity index (χ1) is 8.43. The monoisotopic (exact) mass is 268 g/mol. The molecule has 1 aromatic rings. The number of thiazole rings is 1. The Bertz CT molecular complexity index is 454. The van der Waals surface area contributed by atoms with Crippen LogP contribution in [0.5, 0.6) is 0 Å². The molecule has 0 bridgehead atoms. The molecule has 0 spiro atoms. The van der Waals surface area contributed by atoms with Crippen LogP contribution in [0.3, 0.4) is 0 Å². The summed E-state index contributed by atoms with van der Waals surface area (Å²) in [6.45, 7) is 6.38. The van der Waals surface area contributed by atoms with Crippen LogP contribution < -0.4 is 5.32 Å². The van der Waals surface area contributed by atoms with E-state index in [9.17, 15) is 9.90 Å². The first-order valence-corrected chi connectivity index (χ1v) is 7.25. The van der Waals surface area contributed by atoms with Crippen LogP contribution >= 0.6 is 11.3 Å². The van der Waals surface area contributed by atoms with E-state index in [0.29, 0.717) is 6.42 Å². The van der Waals surface area contributed by atoms with Crippen molar-refractivity contribution >= 4 is 22.4 Å². The Morgan fingerprint density at radius 3 is 2.94 bits per heavy atom. The summed E-state index contributed by atoms with van der Waals surface area (Å²) in [5.74, 6) is -1.16. The summed E-state index contributed by atoms with van der Waals surface area (Å²) in [4.78, 5) is 16.9. The molecule has 1 heterocycles. The highest BCUT2D eigenvalue weighted by Crippen LogP contribution is 2.37. The fourth-order valence-electron chi connectivity index (χ4n) is 2.09. The highest BCUT2D eigenvalue weighted by molar-refractivity contribution is 7.15. The molecule has 100 valence electrons. The Morgan fingerprint density at radius 2 is 2.33 bits per heavy atom. The van der Waals surface area contributed by atoms with Crippen molar-refractivity contribution in [3.63, 3.8) is 0 Å². The number of carboxylic acids is 1. The fourth-order valence-corrected chi connectivity index (χ4v) is 3.33. The van der Waals surface area contributed by atoms with Crippen LogP contribution in [-0.2, 0) is 11.2 Å². The minimum atomic E-state index is -0.748. The van der Waals surface area contributed by atoms with E-state index in [1.54, 1.807) is 11.3 Å². The lowest BCUT2D eigenvalue weighted by Gasteiger charge is -2.23. The molecule has 0 saturated carbocycles. The second kappa shape index (κ2) is 4.88. The second-order valence-corrected chi connectivity index (χ2v) is 6.56. The molecule has 1 aromatic heterocycles. The van der Waals surface area contributed by atoms with Gasteiger partial charge in [-0.1, -0.05) is 6.92 Å². The molecule has 1 aliphatic carbocycles. The summed E-state index contributed by atoms with van der Waals surface area (Å²) in [7, 11) is 0. The lowest BCUT2D eigenvalue weighted by atomic mass is 9.91. The van der Waals surface area contributed by atoms with Crippen molar-refractivity contribution in [2.75, 3.05) is 5.32 Å². The highest BCUT2D eigenvalue weighted by atomic mass is 32.1. The normalized spacial score (nSPS) is 19.4. The number of rotatable bonds is 4. The molecule has 1 unspecified atom stereocenters. The van der Waals surface area contributed by atoms with Gasteiger partial charge in [0.1, 0.15) is 5.92 Å². The molecule has 0 fully saturated rings. The molecule has 1 aliphatic rings. The van der Waals surface area contributed by atoms with Gasteiger partial charge in [0.15, 0.2) is 5.13 Å². The maximum atomic E-state index is 11.2. The minimum absolute atomic E-state index is 0.000826. The zero-order valence-corrected chi connectivity index (χ0v) is 11.9. The lowest BCUT2D eigenvalue weighted by Crippen LogP contribution is -2.29. The third-order valence-electron chi connectivity index (χ3n) is 3.58. The van der Waals surface area contributed by atoms with Crippen LogP contribution in [0.25, 0.3) is 0 Å². The third kappa shape index (κ3) is 2.66. The molecule has 0 aliphatic heterocycles. The molecule has 2 rings (SSSR count). The quantitative estimate of drug-likeness (QED) is 0.880. The van der Waals surface area contributed by atoms with Gasteiger partial charge in [0.2, 0.25) is 0 Å². The first kappa shape index (κ1) is 13.3. The van der Waals surface area contributed by atoms with E-state index in [2.05, 4.69) is 31.1 Å². The SMILES string of the molecule is CCC(C)(C)Nc1nc2c(s1)CCCC2C(=O)O. The van der Waals surface area contributed by atoms with Crippen LogP contribution in [0.2, 0.25) is 0 Å². The van der Waals surface area contributed by atoms with Crippen molar-refractivity contribution in [3.8, 4) is 0 Å². The molecule has 2 N–H and O–H groups in total. The highest BCUT2D eigenvalue weighted by Gasteiger charge is 2.30. The van der Waals surface area contributed by atoms with Gasteiger partial charge in [-0.15, -0.1) is 11.3 Å². The van der Waals surface area contributed by atoms with E-state index >= 15 is 0 Å². The summed E-state index contributed by atoms with van der Waals surface area (Å²) in [6, 6.07) is 0. The molecule has 18 heavy (non-hydrogen) atoms. The molecule has 0 saturated heterocycles. The number of aromatic nitrogens is 1. The molecular weight excluding hydrogens is 248 g/mol. The lowest BCUT2D eigenvalue weighted by molar-refractivity contribution is -0.139. The smallest absolute Gasteiger partial charge is 0.312 e. The maximum absolute atomic E-state index is 11.2. The standard InChI is InChI=1S/C13H20N2O2S/c1-4-13(2,3)15-12-14-10-8(11(16)17)6-5-7-9(10)18-12/h8H,4-7H2,1-3H3,(H,14,15)(H,16,17). The predicted octanol–water partition coefficient (Wildman–Crippen LogP) is 3.25. The Labute approximate surface area is 111 Å². The van der Waals surface area contributed by atoms with Crippen molar-refractivity contribution in [1.29, 1.82) is 0 Å². The molecule has 0 amide bonds. The van der Waals surface area contributed by atoms with Crippen LogP contribution in [0.1, 0.15) is 56.5 Å².